The Balaban J connectivity index is 5.33. The summed E-state index contributed by atoms with van der Waals surface area (Å²) in [5.74, 6) is -7.96. The van der Waals surface area contributed by atoms with Crippen LogP contribution in [-0.4, -0.2) is 73.7 Å². The van der Waals surface area contributed by atoms with Crippen LogP contribution in [0.3, 0.4) is 0 Å². The summed E-state index contributed by atoms with van der Waals surface area (Å²) in [6.07, 6.45) is 1.58. The summed E-state index contributed by atoms with van der Waals surface area (Å²) >= 11 is 0. The predicted molar refractivity (Wildman–Crippen MR) is 105 cm³/mol. The molecule has 0 heterocycles. The molecule has 0 aliphatic rings. The minimum Gasteiger partial charge on any atom is -0.478 e. The molecule has 0 aromatic heterocycles. The largest absolute Gasteiger partial charge is 0.478 e. The molecule has 0 aromatic carbocycles. The average molecular weight is 432 g/mol. The first kappa shape index (κ1) is 27.5. The summed E-state index contributed by atoms with van der Waals surface area (Å²) in [6.45, 7) is 7.27. The van der Waals surface area contributed by atoms with Gasteiger partial charge in [0.05, 0.1) is 36.2 Å². The Morgan fingerprint density at radius 2 is 0.967 bits per heavy atom. The molecular formula is C20H32O10. The maximum absolute atomic E-state index is 12.2. The van der Waals surface area contributed by atoms with Gasteiger partial charge in [-0.25, -0.2) is 9.59 Å². The number of carboxylic acid groups (broad SMARTS) is 2. The topological polar surface area (TPSA) is 146 Å². The van der Waals surface area contributed by atoms with Gasteiger partial charge in [-0.2, -0.15) is 0 Å². The summed E-state index contributed by atoms with van der Waals surface area (Å²) in [4.78, 5) is 47.9. The first-order valence-electron chi connectivity index (χ1n) is 9.88. The molecule has 2 atom stereocenters. The second-order valence-corrected chi connectivity index (χ2v) is 6.44. The lowest BCUT2D eigenvalue weighted by molar-refractivity contribution is -0.152. The fourth-order valence-electron chi connectivity index (χ4n) is 2.45. The van der Waals surface area contributed by atoms with Crippen molar-refractivity contribution in [2.45, 2.75) is 40.5 Å². The molecule has 2 unspecified atom stereocenters. The van der Waals surface area contributed by atoms with Crippen molar-refractivity contribution in [1.29, 1.82) is 0 Å². The van der Waals surface area contributed by atoms with Gasteiger partial charge in [-0.15, -0.1) is 0 Å². The second-order valence-electron chi connectivity index (χ2n) is 6.44. The Bertz CT molecular complexity index is 559. The predicted octanol–water partition coefficient (Wildman–Crippen LogP) is 1.66. The summed E-state index contributed by atoms with van der Waals surface area (Å²) in [7, 11) is 0. The van der Waals surface area contributed by atoms with Crippen molar-refractivity contribution in [2.24, 2.45) is 11.8 Å². The summed E-state index contributed by atoms with van der Waals surface area (Å²) in [5, 5.41) is 19.1. The van der Waals surface area contributed by atoms with Crippen molar-refractivity contribution in [3.63, 3.8) is 0 Å². The van der Waals surface area contributed by atoms with Gasteiger partial charge in [-0.1, -0.05) is 13.8 Å². The summed E-state index contributed by atoms with van der Waals surface area (Å²) < 4.78 is 20.3. The van der Waals surface area contributed by atoms with E-state index in [0.717, 1.165) is 12.8 Å². The molecule has 2 N–H and O–H groups in total. The fraction of sp³-hybridized carbons (Fsp3) is 0.700. The van der Waals surface area contributed by atoms with E-state index in [4.69, 9.17) is 18.9 Å². The van der Waals surface area contributed by atoms with Gasteiger partial charge in [0.15, 0.2) is 0 Å². The van der Waals surface area contributed by atoms with Gasteiger partial charge in [0.25, 0.3) is 0 Å². The normalized spacial score (nSPS) is 13.7. The van der Waals surface area contributed by atoms with Crippen molar-refractivity contribution in [3.8, 4) is 0 Å². The van der Waals surface area contributed by atoms with Crippen molar-refractivity contribution in [3.05, 3.63) is 11.1 Å². The molecule has 0 aliphatic carbocycles. The third-order valence-electron chi connectivity index (χ3n) is 3.97. The van der Waals surface area contributed by atoms with Crippen LogP contribution in [-0.2, 0) is 38.1 Å². The smallest absolute Gasteiger partial charge is 0.333 e. The lowest BCUT2D eigenvalue weighted by Gasteiger charge is -2.19. The Morgan fingerprint density at radius 3 is 1.23 bits per heavy atom. The molecule has 10 heteroatoms. The Hall–Kier alpha value is -2.46. The molecule has 0 spiro atoms. The number of carbonyl (C=O) groups excluding carboxylic acids is 2. The number of hydrogen-bond donors (Lipinski definition) is 2. The van der Waals surface area contributed by atoms with E-state index in [0.29, 0.717) is 13.2 Å². The highest BCUT2D eigenvalue weighted by Gasteiger charge is 2.36. The van der Waals surface area contributed by atoms with Gasteiger partial charge in [0.2, 0.25) is 0 Å². The quantitative estimate of drug-likeness (QED) is 0.210. The number of esters is 2. The van der Waals surface area contributed by atoms with E-state index in [-0.39, 0.29) is 26.4 Å². The number of aliphatic carboxylic acids is 2. The first-order chi connectivity index (χ1) is 14.2. The van der Waals surface area contributed by atoms with Gasteiger partial charge < -0.3 is 29.2 Å². The van der Waals surface area contributed by atoms with E-state index in [1.54, 1.807) is 0 Å². The zero-order valence-corrected chi connectivity index (χ0v) is 18.0. The average Bonchev–Trinajstić information content (AvgIpc) is 2.69. The lowest BCUT2D eigenvalue weighted by atomic mass is 9.88. The van der Waals surface area contributed by atoms with Gasteiger partial charge in [-0.3, -0.25) is 9.59 Å². The monoisotopic (exact) mass is 432 g/mol. The Labute approximate surface area is 176 Å². The van der Waals surface area contributed by atoms with E-state index in [9.17, 15) is 29.4 Å². The third-order valence-corrected chi connectivity index (χ3v) is 3.97. The van der Waals surface area contributed by atoms with Crippen molar-refractivity contribution >= 4 is 23.9 Å². The molecule has 0 fully saturated rings. The van der Waals surface area contributed by atoms with Crippen molar-refractivity contribution in [2.75, 3.05) is 39.6 Å². The van der Waals surface area contributed by atoms with Crippen LogP contribution in [0.25, 0.3) is 0 Å². The van der Waals surface area contributed by atoms with Crippen LogP contribution in [0, 0.1) is 11.8 Å². The van der Waals surface area contributed by atoms with Crippen LogP contribution < -0.4 is 0 Å². The highest BCUT2D eigenvalue weighted by atomic mass is 16.6. The van der Waals surface area contributed by atoms with Crippen LogP contribution in [0.15, 0.2) is 11.1 Å². The number of hydrogen-bond acceptors (Lipinski definition) is 8. The molecule has 172 valence electrons. The summed E-state index contributed by atoms with van der Waals surface area (Å²) in [6, 6.07) is 0. The molecular weight excluding hydrogens is 400 g/mol. The molecule has 0 aliphatic heterocycles. The second kappa shape index (κ2) is 15.4. The molecule has 0 rings (SSSR count). The number of rotatable bonds is 16. The van der Waals surface area contributed by atoms with Crippen LogP contribution in [0.4, 0.5) is 0 Å². The fourth-order valence-corrected chi connectivity index (χ4v) is 2.45. The Kier molecular flexibility index (Phi) is 14.1. The number of carbonyl (C=O) groups is 4. The molecule has 0 radical (unpaired) electrons. The summed E-state index contributed by atoms with van der Waals surface area (Å²) in [5.41, 5.74) is -1.46. The zero-order valence-electron chi connectivity index (χ0n) is 18.0. The molecule has 0 bridgehead atoms. The van der Waals surface area contributed by atoms with E-state index < -0.39 is 46.9 Å². The first-order valence-corrected chi connectivity index (χ1v) is 9.88. The van der Waals surface area contributed by atoms with Crippen molar-refractivity contribution in [1.82, 2.24) is 0 Å². The van der Waals surface area contributed by atoms with Gasteiger partial charge in [0.1, 0.15) is 13.2 Å². The van der Waals surface area contributed by atoms with E-state index in [1.165, 1.54) is 13.8 Å². The van der Waals surface area contributed by atoms with Crippen LogP contribution in [0.5, 0.6) is 0 Å². The highest BCUT2D eigenvalue weighted by molar-refractivity contribution is 6.05. The van der Waals surface area contributed by atoms with E-state index in [2.05, 4.69) is 0 Å². The third kappa shape index (κ3) is 9.84. The minimum atomic E-state index is -1.63. The van der Waals surface area contributed by atoms with E-state index >= 15 is 0 Å². The maximum Gasteiger partial charge on any atom is 0.333 e. The van der Waals surface area contributed by atoms with Gasteiger partial charge >= 0.3 is 23.9 Å². The molecule has 0 amide bonds. The van der Waals surface area contributed by atoms with E-state index in [1.807, 2.05) is 13.8 Å². The van der Waals surface area contributed by atoms with Crippen LogP contribution in [0.2, 0.25) is 0 Å². The molecule has 0 saturated carbocycles. The standard InChI is InChI=1S/C20H32O10/c1-5-7-27-9-11-29-19(25)13(3)15(17(21)22)16(18(23)24)14(4)20(26)30-12-10-28-8-6-2/h13-14H,5-12H2,1-4H3,(H,21,22)(H,23,24). The van der Waals surface area contributed by atoms with Crippen LogP contribution in [0.1, 0.15) is 40.5 Å². The zero-order chi connectivity index (χ0) is 23.1. The van der Waals surface area contributed by atoms with Crippen molar-refractivity contribution < 1.29 is 48.3 Å². The van der Waals surface area contributed by atoms with Gasteiger partial charge in [0, 0.05) is 13.2 Å². The molecule has 10 nitrogen and oxygen atoms in total. The minimum absolute atomic E-state index is 0.103. The highest BCUT2D eigenvalue weighted by Crippen LogP contribution is 2.25. The Morgan fingerprint density at radius 1 is 0.633 bits per heavy atom. The van der Waals surface area contributed by atoms with Gasteiger partial charge in [-0.05, 0) is 26.7 Å². The molecule has 0 saturated heterocycles. The number of ether oxygens (including phenoxy) is 4. The maximum atomic E-state index is 12.2. The molecule has 30 heavy (non-hydrogen) atoms. The van der Waals surface area contributed by atoms with Crippen LogP contribution >= 0.6 is 0 Å². The lowest BCUT2D eigenvalue weighted by Crippen LogP contribution is -2.30. The molecule has 0 aromatic rings. The number of carboxylic acids is 2. The SMILES string of the molecule is CCCOCCOC(=O)C(C)C(C(=O)O)=C(C(=O)O)C(C)C(=O)OCCOCCC.